The maximum absolute atomic E-state index is 11.8. The molecule has 0 radical (unpaired) electrons. The highest BCUT2D eigenvalue weighted by atomic mass is 16.2. The molecule has 1 amide bonds. The first kappa shape index (κ1) is 12.1. The van der Waals surface area contributed by atoms with E-state index in [1.54, 1.807) is 23.0 Å². The largest absolute Gasteiger partial charge is 0.396 e. The first-order valence-electron chi connectivity index (χ1n) is 5.58. The number of nitrogen functional groups attached to an aromatic ring is 1. The number of pyridine rings is 1. The van der Waals surface area contributed by atoms with Crippen LogP contribution in [0.5, 0.6) is 0 Å². The molecule has 0 atom stereocenters. The van der Waals surface area contributed by atoms with E-state index in [1.165, 1.54) is 0 Å². The van der Waals surface area contributed by atoms with Gasteiger partial charge >= 0.3 is 0 Å². The fraction of sp³-hybridized carbons (Fsp3) is 0.250. The number of rotatable bonds is 3. The zero-order valence-corrected chi connectivity index (χ0v) is 10.3. The third-order valence-corrected chi connectivity index (χ3v) is 2.66. The van der Waals surface area contributed by atoms with Crippen molar-refractivity contribution in [2.24, 2.45) is 0 Å². The Labute approximate surface area is 105 Å². The van der Waals surface area contributed by atoms with E-state index in [9.17, 15) is 4.79 Å². The Balaban J connectivity index is 2.06. The second-order valence-corrected chi connectivity index (χ2v) is 4.01. The van der Waals surface area contributed by atoms with Crippen LogP contribution in [0.1, 0.15) is 11.4 Å². The van der Waals surface area contributed by atoms with Crippen molar-refractivity contribution >= 4 is 17.4 Å². The molecule has 0 saturated heterocycles. The molecule has 0 unspecified atom stereocenters. The van der Waals surface area contributed by atoms with E-state index in [0.717, 1.165) is 11.4 Å². The molecule has 6 nitrogen and oxygen atoms in total. The topological polar surface area (TPSA) is 85.8 Å². The van der Waals surface area contributed by atoms with E-state index >= 15 is 0 Å². The van der Waals surface area contributed by atoms with Crippen LogP contribution in [0.25, 0.3) is 0 Å². The Hall–Kier alpha value is -2.37. The van der Waals surface area contributed by atoms with E-state index in [1.807, 2.05) is 19.9 Å². The number of nitrogens with zero attached hydrogens (tertiary/aromatic N) is 3. The Kier molecular flexibility index (Phi) is 3.27. The maximum Gasteiger partial charge on any atom is 0.247 e. The summed E-state index contributed by atoms with van der Waals surface area (Å²) in [6, 6.07) is 5.33. The predicted molar refractivity (Wildman–Crippen MR) is 69.0 cm³/mol. The minimum atomic E-state index is -0.181. The van der Waals surface area contributed by atoms with Crippen molar-refractivity contribution in [3.8, 4) is 0 Å². The van der Waals surface area contributed by atoms with Crippen LogP contribution in [0.15, 0.2) is 24.4 Å². The second kappa shape index (κ2) is 4.87. The van der Waals surface area contributed by atoms with Crippen LogP contribution in [0.2, 0.25) is 0 Å². The number of nitrogens with one attached hydrogen (secondary N) is 1. The van der Waals surface area contributed by atoms with Crippen molar-refractivity contribution in [1.29, 1.82) is 0 Å². The molecule has 94 valence electrons. The molecule has 0 saturated carbocycles. The zero-order valence-electron chi connectivity index (χ0n) is 10.3. The molecular formula is C12H15N5O. The van der Waals surface area contributed by atoms with Gasteiger partial charge in [-0.1, -0.05) is 6.07 Å². The molecule has 0 aliphatic rings. The van der Waals surface area contributed by atoms with E-state index < -0.39 is 0 Å². The highest BCUT2D eigenvalue weighted by Gasteiger charge is 2.11. The van der Waals surface area contributed by atoms with E-state index in [0.29, 0.717) is 11.5 Å². The Bertz CT molecular complexity index is 561. The number of carbonyl (C=O) groups excluding carboxylic acids is 1. The van der Waals surface area contributed by atoms with Gasteiger partial charge in [0, 0.05) is 6.20 Å². The zero-order chi connectivity index (χ0) is 13.1. The van der Waals surface area contributed by atoms with Gasteiger partial charge in [0.2, 0.25) is 5.91 Å². The minimum Gasteiger partial charge on any atom is -0.396 e. The molecule has 0 aromatic carbocycles. The highest BCUT2D eigenvalue weighted by molar-refractivity contribution is 5.89. The maximum atomic E-state index is 11.8. The second-order valence-electron chi connectivity index (χ2n) is 4.01. The fourth-order valence-corrected chi connectivity index (χ4v) is 1.62. The summed E-state index contributed by atoms with van der Waals surface area (Å²) in [5.74, 6) is 0.344. The summed E-state index contributed by atoms with van der Waals surface area (Å²) < 4.78 is 1.59. The molecule has 3 N–H and O–H groups in total. The van der Waals surface area contributed by atoms with Gasteiger partial charge in [-0.2, -0.15) is 5.10 Å². The van der Waals surface area contributed by atoms with Gasteiger partial charge in [0.05, 0.1) is 17.1 Å². The van der Waals surface area contributed by atoms with Crippen molar-refractivity contribution in [2.75, 3.05) is 11.1 Å². The van der Waals surface area contributed by atoms with Gasteiger partial charge in [-0.25, -0.2) is 4.98 Å². The molecule has 2 aromatic rings. The Morgan fingerprint density at radius 3 is 2.78 bits per heavy atom. The molecule has 0 bridgehead atoms. The molecule has 0 spiro atoms. The Morgan fingerprint density at radius 2 is 2.22 bits per heavy atom. The van der Waals surface area contributed by atoms with Gasteiger partial charge in [-0.3, -0.25) is 9.48 Å². The van der Waals surface area contributed by atoms with Crippen molar-refractivity contribution in [2.45, 2.75) is 20.4 Å². The lowest BCUT2D eigenvalue weighted by Gasteiger charge is -2.05. The molecule has 18 heavy (non-hydrogen) atoms. The van der Waals surface area contributed by atoms with Crippen LogP contribution in [0.3, 0.4) is 0 Å². The molecular weight excluding hydrogens is 230 g/mol. The van der Waals surface area contributed by atoms with Gasteiger partial charge < -0.3 is 11.1 Å². The molecule has 0 aliphatic carbocycles. The van der Waals surface area contributed by atoms with Gasteiger partial charge in [-0.05, 0) is 26.0 Å². The van der Waals surface area contributed by atoms with E-state index in [-0.39, 0.29) is 12.5 Å². The quantitative estimate of drug-likeness (QED) is 0.848. The summed E-state index contributed by atoms with van der Waals surface area (Å²) in [4.78, 5) is 15.8. The predicted octanol–water partition coefficient (Wildman–Crippen LogP) is 1.12. The van der Waals surface area contributed by atoms with Crippen molar-refractivity contribution < 1.29 is 4.79 Å². The Morgan fingerprint density at radius 1 is 1.44 bits per heavy atom. The summed E-state index contributed by atoms with van der Waals surface area (Å²) in [5, 5.41) is 6.90. The smallest absolute Gasteiger partial charge is 0.247 e. The number of carbonyl (C=O) groups is 1. The van der Waals surface area contributed by atoms with Crippen LogP contribution >= 0.6 is 0 Å². The summed E-state index contributed by atoms with van der Waals surface area (Å²) in [6.45, 7) is 3.78. The molecule has 6 heteroatoms. The molecule has 2 heterocycles. The van der Waals surface area contributed by atoms with Crippen molar-refractivity contribution in [1.82, 2.24) is 14.8 Å². The van der Waals surface area contributed by atoms with Crippen LogP contribution in [0, 0.1) is 13.8 Å². The lowest BCUT2D eigenvalue weighted by atomic mass is 10.3. The lowest BCUT2D eigenvalue weighted by molar-refractivity contribution is -0.117. The normalized spacial score (nSPS) is 10.3. The number of aromatic nitrogens is 3. The number of nitrogens with two attached hydrogens (primary N) is 1. The molecule has 0 fully saturated rings. The number of hydrogen-bond acceptors (Lipinski definition) is 4. The lowest BCUT2D eigenvalue weighted by Crippen LogP contribution is -2.20. The summed E-state index contributed by atoms with van der Waals surface area (Å²) in [6.07, 6.45) is 1.62. The first-order valence-corrected chi connectivity index (χ1v) is 5.58. The van der Waals surface area contributed by atoms with Crippen LogP contribution in [-0.4, -0.2) is 20.7 Å². The summed E-state index contributed by atoms with van der Waals surface area (Å²) >= 11 is 0. The van der Waals surface area contributed by atoms with E-state index in [4.69, 9.17) is 5.73 Å². The number of anilines is 2. The number of aryl methyl sites for hydroxylation is 1. The summed E-state index contributed by atoms with van der Waals surface area (Å²) in [7, 11) is 0. The van der Waals surface area contributed by atoms with E-state index in [2.05, 4.69) is 15.4 Å². The fourth-order valence-electron chi connectivity index (χ4n) is 1.62. The minimum absolute atomic E-state index is 0.125. The third kappa shape index (κ3) is 2.48. The van der Waals surface area contributed by atoms with Crippen LogP contribution < -0.4 is 11.1 Å². The molecule has 0 aliphatic heterocycles. The SMILES string of the molecule is Cc1nn(CC(=O)Nc2ccccn2)c(C)c1N. The summed E-state index contributed by atoms with van der Waals surface area (Å²) in [5.41, 5.74) is 7.96. The van der Waals surface area contributed by atoms with Gasteiger partial charge in [0.1, 0.15) is 12.4 Å². The van der Waals surface area contributed by atoms with Crippen LogP contribution in [0.4, 0.5) is 11.5 Å². The highest BCUT2D eigenvalue weighted by Crippen LogP contribution is 2.14. The van der Waals surface area contributed by atoms with Gasteiger partial charge in [0.25, 0.3) is 0 Å². The molecule has 2 aromatic heterocycles. The average Bonchev–Trinajstić information content (AvgIpc) is 2.58. The number of amides is 1. The van der Waals surface area contributed by atoms with Crippen molar-refractivity contribution in [3.63, 3.8) is 0 Å². The first-order chi connectivity index (χ1) is 8.58. The molecule has 2 rings (SSSR count). The van der Waals surface area contributed by atoms with Crippen LogP contribution in [-0.2, 0) is 11.3 Å². The standard InChI is InChI=1S/C12H15N5O/c1-8-12(13)9(2)17(16-8)7-11(18)15-10-5-3-4-6-14-10/h3-6H,7,13H2,1-2H3,(H,14,15,18). The average molecular weight is 245 g/mol. The third-order valence-electron chi connectivity index (χ3n) is 2.66. The van der Waals surface area contributed by atoms with Gasteiger partial charge in [-0.15, -0.1) is 0 Å². The van der Waals surface area contributed by atoms with Crippen molar-refractivity contribution in [3.05, 3.63) is 35.8 Å². The number of hydrogen-bond donors (Lipinski definition) is 2. The monoisotopic (exact) mass is 245 g/mol. The van der Waals surface area contributed by atoms with Gasteiger partial charge in [0.15, 0.2) is 0 Å².